The summed E-state index contributed by atoms with van der Waals surface area (Å²) in [5, 5.41) is -0.0386. The highest BCUT2D eigenvalue weighted by molar-refractivity contribution is 6.52. The first-order chi connectivity index (χ1) is 12.5. The Balaban J connectivity index is 1.79. The van der Waals surface area contributed by atoms with Gasteiger partial charge in [-0.15, -0.1) is 0 Å². The number of carbonyl (C=O) groups is 3. The maximum Gasteiger partial charge on any atom is 0.338 e. The summed E-state index contributed by atoms with van der Waals surface area (Å²) in [5.41, 5.74) is 1.04. The summed E-state index contributed by atoms with van der Waals surface area (Å²) in [4.78, 5) is 40.2. The molecular formula is C19H21ClN2O4. The third-order valence-electron chi connectivity index (χ3n) is 4.48. The van der Waals surface area contributed by atoms with E-state index in [9.17, 15) is 14.4 Å². The van der Waals surface area contributed by atoms with E-state index in [0.29, 0.717) is 17.9 Å². The van der Waals surface area contributed by atoms with E-state index in [2.05, 4.69) is 0 Å². The van der Waals surface area contributed by atoms with Crippen LogP contribution in [0.5, 0.6) is 0 Å². The van der Waals surface area contributed by atoms with Crippen molar-refractivity contribution in [3.8, 4) is 0 Å². The largest absolute Gasteiger partial charge is 0.462 e. The minimum Gasteiger partial charge on any atom is -0.462 e. The van der Waals surface area contributed by atoms with Crippen LogP contribution in [0, 0.1) is 0 Å². The molecule has 2 amide bonds. The van der Waals surface area contributed by atoms with Gasteiger partial charge in [-0.2, -0.15) is 0 Å². The van der Waals surface area contributed by atoms with Crippen LogP contribution >= 0.6 is 11.6 Å². The number of hydrogen-bond donors (Lipinski definition) is 0. The number of anilines is 1. The topological polar surface area (TPSA) is 66.9 Å². The smallest absolute Gasteiger partial charge is 0.338 e. The van der Waals surface area contributed by atoms with Gasteiger partial charge in [-0.1, -0.05) is 18.5 Å². The number of esters is 1. The zero-order chi connectivity index (χ0) is 18.7. The molecule has 1 aromatic carbocycles. The number of hydrogen-bond acceptors (Lipinski definition) is 5. The van der Waals surface area contributed by atoms with Gasteiger partial charge in [0.15, 0.2) is 0 Å². The zero-order valence-electron chi connectivity index (χ0n) is 14.7. The minimum atomic E-state index is -0.529. The number of rotatable bonds is 5. The molecule has 0 atom stereocenters. The molecule has 2 heterocycles. The van der Waals surface area contributed by atoms with E-state index < -0.39 is 17.8 Å². The summed E-state index contributed by atoms with van der Waals surface area (Å²) in [6.45, 7) is 3.71. The number of benzene rings is 1. The maximum absolute atomic E-state index is 12.8. The number of amides is 2. The normalized spacial score (nSPS) is 17.9. The average molecular weight is 377 g/mol. The van der Waals surface area contributed by atoms with Gasteiger partial charge in [-0.05, 0) is 49.9 Å². The first-order valence-electron chi connectivity index (χ1n) is 8.85. The SMILES string of the molecule is CCCOC(=O)c1ccc(N2C(=O)C(Cl)=C(N3CCCCC3)C2=O)cc1. The summed E-state index contributed by atoms with van der Waals surface area (Å²) >= 11 is 6.19. The quantitative estimate of drug-likeness (QED) is 0.583. The van der Waals surface area contributed by atoms with Gasteiger partial charge in [0.25, 0.3) is 11.8 Å². The van der Waals surface area contributed by atoms with E-state index in [4.69, 9.17) is 16.3 Å². The van der Waals surface area contributed by atoms with E-state index in [0.717, 1.165) is 43.7 Å². The van der Waals surface area contributed by atoms with Crippen molar-refractivity contribution in [1.29, 1.82) is 0 Å². The van der Waals surface area contributed by atoms with Crippen molar-refractivity contribution >= 4 is 35.1 Å². The molecule has 1 aromatic rings. The summed E-state index contributed by atoms with van der Waals surface area (Å²) in [6.07, 6.45) is 3.81. The molecule has 0 aromatic heterocycles. The van der Waals surface area contributed by atoms with E-state index in [-0.39, 0.29) is 10.7 Å². The van der Waals surface area contributed by atoms with Crippen molar-refractivity contribution < 1.29 is 19.1 Å². The number of likely N-dealkylation sites (tertiary alicyclic amines) is 1. The zero-order valence-corrected chi connectivity index (χ0v) is 15.4. The Morgan fingerprint density at radius 3 is 2.35 bits per heavy atom. The molecule has 0 saturated carbocycles. The fourth-order valence-electron chi connectivity index (χ4n) is 3.14. The van der Waals surface area contributed by atoms with Crippen molar-refractivity contribution in [3.05, 3.63) is 40.6 Å². The molecule has 0 N–H and O–H groups in total. The van der Waals surface area contributed by atoms with E-state index in [1.807, 2.05) is 11.8 Å². The van der Waals surface area contributed by atoms with Crippen LogP contribution in [0.2, 0.25) is 0 Å². The first kappa shape index (κ1) is 18.5. The Bertz CT molecular complexity index is 751. The van der Waals surface area contributed by atoms with Gasteiger partial charge >= 0.3 is 5.97 Å². The summed E-state index contributed by atoms with van der Waals surface area (Å²) in [6, 6.07) is 6.20. The number of halogens is 1. The van der Waals surface area contributed by atoms with Gasteiger partial charge < -0.3 is 9.64 Å². The first-order valence-corrected chi connectivity index (χ1v) is 9.23. The molecule has 3 rings (SSSR count). The monoisotopic (exact) mass is 376 g/mol. The van der Waals surface area contributed by atoms with Crippen molar-refractivity contribution in [2.24, 2.45) is 0 Å². The molecule has 7 heteroatoms. The lowest BCUT2D eigenvalue weighted by molar-refractivity contribution is -0.121. The molecular weight excluding hydrogens is 356 g/mol. The molecule has 0 spiro atoms. The fraction of sp³-hybridized carbons (Fsp3) is 0.421. The third kappa shape index (κ3) is 3.46. The molecule has 1 saturated heterocycles. The standard InChI is InChI=1S/C19H21ClN2O4/c1-2-12-26-19(25)13-6-8-14(9-7-13)22-17(23)15(20)16(18(22)24)21-10-4-3-5-11-21/h6-9H,2-5,10-12H2,1H3. The molecule has 1 fully saturated rings. The van der Waals surface area contributed by atoms with E-state index in [1.165, 1.54) is 0 Å². The molecule has 138 valence electrons. The van der Waals surface area contributed by atoms with Crippen LogP contribution in [-0.2, 0) is 14.3 Å². The van der Waals surface area contributed by atoms with Crippen molar-refractivity contribution in [2.75, 3.05) is 24.6 Å². The van der Waals surface area contributed by atoms with Gasteiger partial charge in [0.2, 0.25) is 0 Å². The van der Waals surface area contributed by atoms with E-state index in [1.54, 1.807) is 24.3 Å². The Morgan fingerprint density at radius 2 is 1.73 bits per heavy atom. The molecule has 2 aliphatic heterocycles. The van der Waals surface area contributed by atoms with Crippen LogP contribution in [0.3, 0.4) is 0 Å². The van der Waals surface area contributed by atoms with Crippen LogP contribution in [0.4, 0.5) is 5.69 Å². The highest BCUT2D eigenvalue weighted by atomic mass is 35.5. The summed E-state index contributed by atoms with van der Waals surface area (Å²) in [7, 11) is 0. The van der Waals surface area contributed by atoms with Gasteiger partial charge in [-0.25, -0.2) is 9.69 Å². The van der Waals surface area contributed by atoms with Gasteiger partial charge in [0.1, 0.15) is 10.7 Å². The number of nitrogens with zero attached hydrogens (tertiary/aromatic N) is 2. The van der Waals surface area contributed by atoms with Crippen LogP contribution in [-0.4, -0.2) is 42.4 Å². The second-order valence-corrected chi connectivity index (χ2v) is 6.72. The predicted molar refractivity (Wildman–Crippen MR) is 97.8 cm³/mol. The molecule has 0 aliphatic carbocycles. The predicted octanol–water partition coefficient (Wildman–Crippen LogP) is 3.06. The average Bonchev–Trinajstić information content (AvgIpc) is 2.89. The number of ether oxygens (including phenoxy) is 1. The number of piperidine rings is 1. The Hall–Kier alpha value is -2.34. The fourth-order valence-corrected chi connectivity index (χ4v) is 3.43. The van der Waals surface area contributed by atoms with Crippen LogP contribution in [0.25, 0.3) is 0 Å². The molecule has 0 unspecified atom stereocenters. The summed E-state index contributed by atoms with van der Waals surface area (Å²) in [5.74, 6) is -1.37. The minimum absolute atomic E-state index is 0.0386. The molecule has 0 bridgehead atoms. The lowest BCUT2D eigenvalue weighted by Gasteiger charge is -2.29. The second kappa shape index (κ2) is 7.91. The Labute approximate surface area is 157 Å². The lowest BCUT2D eigenvalue weighted by Crippen LogP contribution is -2.37. The lowest BCUT2D eigenvalue weighted by atomic mass is 10.1. The number of carbonyl (C=O) groups excluding carboxylic acids is 3. The highest BCUT2D eigenvalue weighted by Gasteiger charge is 2.41. The van der Waals surface area contributed by atoms with Crippen molar-refractivity contribution in [3.63, 3.8) is 0 Å². The van der Waals surface area contributed by atoms with E-state index >= 15 is 0 Å². The van der Waals surface area contributed by atoms with Crippen LogP contribution in [0.15, 0.2) is 35.0 Å². The van der Waals surface area contributed by atoms with Crippen molar-refractivity contribution in [2.45, 2.75) is 32.6 Å². The van der Waals surface area contributed by atoms with Gasteiger partial charge in [0.05, 0.1) is 17.9 Å². The summed E-state index contributed by atoms with van der Waals surface area (Å²) < 4.78 is 5.08. The van der Waals surface area contributed by atoms with Gasteiger partial charge in [-0.3, -0.25) is 9.59 Å². The Morgan fingerprint density at radius 1 is 1.08 bits per heavy atom. The molecule has 0 radical (unpaired) electrons. The van der Waals surface area contributed by atoms with Gasteiger partial charge in [0, 0.05) is 13.1 Å². The molecule has 2 aliphatic rings. The molecule has 26 heavy (non-hydrogen) atoms. The Kier molecular flexibility index (Phi) is 5.61. The van der Waals surface area contributed by atoms with Crippen LogP contribution in [0.1, 0.15) is 43.0 Å². The number of imide groups is 1. The molecule has 6 nitrogen and oxygen atoms in total. The maximum atomic E-state index is 12.8. The van der Waals surface area contributed by atoms with Crippen molar-refractivity contribution in [1.82, 2.24) is 4.90 Å². The second-order valence-electron chi connectivity index (χ2n) is 6.34. The highest BCUT2D eigenvalue weighted by Crippen LogP contribution is 2.32. The van der Waals surface area contributed by atoms with Crippen LogP contribution < -0.4 is 4.90 Å². The third-order valence-corrected chi connectivity index (χ3v) is 4.82.